The molecule has 0 aliphatic heterocycles. The SMILES string of the molecule is CN(C)CCCS(=O)c1cccc(N)c1. The Morgan fingerprint density at radius 2 is 2.13 bits per heavy atom. The maximum atomic E-state index is 11.8. The molecule has 1 aromatic rings. The molecule has 0 saturated heterocycles. The molecule has 0 amide bonds. The van der Waals surface area contributed by atoms with Crippen molar-refractivity contribution in [2.75, 3.05) is 32.1 Å². The van der Waals surface area contributed by atoms with E-state index in [4.69, 9.17) is 5.73 Å². The van der Waals surface area contributed by atoms with Crippen LogP contribution in [0.15, 0.2) is 29.2 Å². The zero-order valence-corrected chi connectivity index (χ0v) is 10.1. The molecule has 0 aromatic heterocycles. The average Bonchev–Trinajstić information content (AvgIpc) is 2.17. The Morgan fingerprint density at radius 3 is 2.73 bits per heavy atom. The number of benzene rings is 1. The van der Waals surface area contributed by atoms with Crippen molar-refractivity contribution >= 4 is 16.5 Å². The molecule has 0 aliphatic carbocycles. The van der Waals surface area contributed by atoms with Crippen molar-refractivity contribution in [1.82, 2.24) is 4.90 Å². The van der Waals surface area contributed by atoms with Crippen molar-refractivity contribution < 1.29 is 4.21 Å². The van der Waals surface area contributed by atoms with E-state index in [1.807, 2.05) is 26.2 Å². The molecule has 0 bridgehead atoms. The van der Waals surface area contributed by atoms with Crippen molar-refractivity contribution in [2.24, 2.45) is 0 Å². The van der Waals surface area contributed by atoms with Crippen LogP contribution in [0.25, 0.3) is 0 Å². The third-order valence-corrected chi connectivity index (χ3v) is 3.50. The van der Waals surface area contributed by atoms with Crippen molar-refractivity contribution in [1.29, 1.82) is 0 Å². The van der Waals surface area contributed by atoms with Gasteiger partial charge in [-0.15, -0.1) is 0 Å². The lowest BCUT2D eigenvalue weighted by Gasteiger charge is -2.08. The minimum Gasteiger partial charge on any atom is -0.399 e. The van der Waals surface area contributed by atoms with Crippen LogP contribution in [0.3, 0.4) is 0 Å². The number of nitrogens with two attached hydrogens (primary N) is 1. The van der Waals surface area contributed by atoms with Gasteiger partial charge < -0.3 is 10.6 Å². The number of nitrogen functional groups attached to an aromatic ring is 1. The minimum absolute atomic E-state index is 0.674. The van der Waals surface area contributed by atoms with E-state index in [2.05, 4.69) is 4.90 Å². The second-order valence-electron chi connectivity index (χ2n) is 3.78. The summed E-state index contributed by atoms with van der Waals surface area (Å²) in [6, 6.07) is 7.29. The smallest absolute Gasteiger partial charge is 0.0530 e. The van der Waals surface area contributed by atoms with Crippen LogP contribution in [0, 0.1) is 0 Å². The maximum Gasteiger partial charge on any atom is 0.0530 e. The summed E-state index contributed by atoms with van der Waals surface area (Å²) in [5, 5.41) is 0. The molecule has 0 saturated carbocycles. The summed E-state index contributed by atoms with van der Waals surface area (Å²) >= 11 is 0. The van der Waals surface area contributed by atoms with Crippen LogP contribution in [0.4, 0.5) is 5.69 Å². The first-order valence-electron chi connectivity index (χ1n) is 4.98. The summed E-state index contributed by atoms with van der Waals surface area (Å²) in [5.74, 6) is 0.696. The van der Waals surface area contributed by atoms with Crippen LogP contribution in [0.5, 0.6) is 0 Å². The average molecular weight is 226 g/mol. The van der Waals surface area contributed by atoms with E-state index in [-0.39, 0.29) is 0 Å². The Balaban J connectivity index is 2.47. The number of hydrogen-bond donors (Lipinski definition) is 1. The van der Waals surface area contributed by atoms with Crippen LogP contribution >= 0.6 is 0 Å². The van der Waals surface area contributed by atoms with Crippen LogP contribution < -0.4 is 5.73 Å². The first kappa shape index (κ1) is 12.2. The predicted octanol–water partition coefficient (Wildman–Crippen LogP) is 1.33. The van der Waals surface area contributed by atoms with E-state index in [1.165, 1.54) is 0 Å². The second kappa shape index (κ2) is 5.88. The molecule has 0 heterocycles. The molecule has 1 aromatic carbocycles. The van der Waals surface area contributed by atoms with E-state index in [0.29, 0.717) is 11.4 Å². The monoisotopic (exact) mass is 226 g/mol. The fourth-order valence-corrected chi connectivity index (χ4v) is 2.41. The molecule has 84 valence electrons. The van der Waals surface area contributed by atoms with Gasteiger partial charge in [0.15, 0.2) is 0 Å². The highest BCUT2D eigenvalue weighted by Crippen LogP contribution is 2.11. The molecule has 4 heteroatoms. The number of rotatable bonds is 5. The maximum absolute atomic E-state index is 11.8. The van der Waals surface area contributed by atoms with Gasteiger partial charge in [0.2, 0.25) is 0 Å². The van der Waals surface area contributed by atoms with Gasteiger partial charge in [-0.2, -0.15) is 0 Å². The summed E-state index contributed by atoms with van der Waals surface area (Å²) < 4.78 is 11.8. The standard InChI is InChI=1S/C11H18N2OS/c1-13(2)7-4-8-15(14)11-6-3-5-10(12)9-11/h3,5-6,9H,4,7-8,12H2,1-2H3. The third-order valence-electron chi connectivity index (χ3n) is 2.06. The molecular formula is C11H18N2OS. The molecule has 0 radical (unpaired) electrons. The lowest BCUT2D eigenvalue weighted by molar-refractivity contribution is 0.409. The van der Waals surface area contributed by atoms with Crippen molar-refractivity contribution in [3.8, 4) is 0 Å². The lowest BCUT2D eigenvalue weighted by Crippen LogP contribution is -2.15. The van der Waals surface area contributed by atoms with Gasteiger partial charge in [-0.05, 0) is 45.3 Å². The lowest BCUT2D eigenvalue weighted by atomic mass is 10.3. The molecular weight excluding hydrogens is 208 g/mol. The molecule has 0 fully saturated rings. The topological polar surface area (TPSA) is 46.3 Å². The highest BCUT2D eigenvalue weighted by Gasteiger charge is 2.03. The summed E-state index contributed by atoms with van der Waals surface area (Å²) in [7, 11) is 3.12. The first-order valence-corrected chi connectivity index (χ1v) is 6.30. The summed E-state index contributed by atoms with van der Waals surface area (Å²) in [6.45, 7) is 0.966. The Kier molecular flexibility index (Phi) is 4.78. The van der Waals surface area contributed by atoms with Crippen LogP contribution in [-0.2, 0) is 10.8 Å². The van der Waals surface area contributed by atoms with E-state index in [1.54, 1.807) is 12.1 Å². The van der Waals surface area contributed by atoms with Gasteiger partial charge in [0.25, 0.3) is 0 Å². The van der Waals surface area contributed by atoms with Crippen LogP contribution in [0.1, 0.15) is 6.42 Å². The van der Waals surface area contributed by atoms with E-state index < -0.39 is 10.8 Å². The largest absolute Gasteiger partial charge is 0.399 e. The summed E-state index contributed by atoms with van der Waals surface area (Å²) in [5.41, 5.74) is 6.31. The Morgan fingerprint density at radius 1 is 1.40 bits per heavy atom. The van der Waals surface area contributed by atoms with Gasteiger partial charge in [-0.25, -0.2) is 0 Å². The fraction of sp³-hybridized carbons (Fsp3) is 0.455. The van der Waals surface area contributed by atoms with Gasteiger partial charge >= 0.3 is 0 Å². The molecule has 15 heavy (non-hydrogen) atoms. The van der Waals surface area contributed by atoms with Gasteiger partial charge in [-0.1, -0.05) is 6.07 Å². The van der Waals surface area contributed by atoms with Crippen LogP contribution in [0.2, 0.25) is 0 Å². The molecule has 1 atom stereocenters. The van der Waals surface area contributed by atoms with Gasteiger partial charge in [0.1, 0.15) is 0 Å². The number of anilines is 1. The third kappa shape index (κ3) is 4.44. The van der Waals surface area contributed by atoms with E-state index in [0.717, 1.165) is 17.9 Å². The second-order valence-corrected chi connectivity index (χ2v) is 5.35. The quantitative estimate of drug-likeness (QED) is 0.770. The first-order chi connectivity index (χ1) is 7.09. The minimum atomic E-state index is -0.917. The van der Waals surface area contributed by atoms with Crippen molar-refractivity contribution in [3.63, 3.8) is 0 Å². The Labute approximate surface area is 93.7 Å². The van der Waals surface area contributed by atoms with Crippen molar-refractivity contribution in [2.45, 2.75) is 11.3 Å². The summed E-state index contributed by atoms with van der Waals surface area (Å²) in [4.78, 5) is 2.92. The molecule has 0 spiro atoms. The highest BCUT2D eigenvalue weighted by molar-refractivity contribution is 7.85. The Bertz CT molecular complexity index is 339. The molecule has 0 aliphatic rings. The zero-order valence-electron chi connectivity index (χ0n) is 9.27. The van der Waals surface area contributed by atoms with E-state index >= 15 is 0 Å². The molecule has 1 rings (SSSR count). The highest BCUT2D eigenvalue weighted by atomic mass is 32.2. The van der Waals surface area contributed by atoms with Crippen molar-refractivity contribution in [3.05, 3.63) is 24.3 Å². The number of nitrogens with zero attached hydrogens (tertiary/aromatic N) is 1. The number of hydrogen-bond acceptors (Lipinski definition) is 3. The Hall–Kier alpha value is -0.870. The molecule has 2 N–H and O–H groups in total. The normalized spacial score (nSPS) is 13.0. The van der Waals surface area contributed by atoms with E-state index in [9.17, 15) is 4.21 Å². The predicted molar refractivity (Wildman–Crippen MR) is 65.3 cm³/mol. The van der Waals surface area contributed by atoms with Gasteiger partial charge in [0, 0.05) is 16.3 Å². The molecule has 1 unspecified atom stereocenters. The zero-order chi connectivity index (χ0) is 11.3. The van der Waals surface area contributed by atoms with Crippen LogP contribution in [-0.4, -0.2) is 35.5 Å². The summed E-state index contributed by atoms with van der Waals surface area (Å²) in [6.07, 6.45) is 0.939. The van der Waals surface area contributed by atoms with Gasteiger partial charge in [-0.3, -0.25) is 4.21 Å². The van der Waals surface area contributed by atoms with Gasteiger partial charge in [0.05, 0.1) is 10.8 Å². The fourth-order valence-electron chi connectivity index (χ4n) is 1.29. The molecule has 3 nitrogen and oxygen atoms in total.